The number of hydrogen-bond donors (Lipinski definition) is 0. The lowest BCUT2D eigenvalue weighted by atomic mass is 9.92. The fourth-order valence-corrected chi connectivity index (χ4v) is 9.36. The number of carbonyl (C=O) groups is 1. The van der Waals surface area contributed by atoms with E-state index in [1.54, 1.807) is 12.1 Å². The van der Waals surface area contributed by atoms with E-state index in [4.69, 9.17) is 13.9 Å². The van der Waals surface area contributed by atoms with Crippen molar-refractivity contribution in [3.8, 4) is 0 Å². The highest BCUT2D eigenvalue weighted by molar-refractivity contribution is 6.99. The quantitative estimate of drug-likeness (QED) is 0.171. The summed E-state index contributed by atoms with van der Waals surface area (Å²) in [7, 11) is -1.94. The third-order valence-electron chi connectivity index (χ3n) is 6.69. The molecule has 0 bridgehead atoms. The Hall–Kier alpha value is -3.20. The van der Waals surface area contributed by atoms with Crippen LogP contribution in [0.25, 0.3) is 0 Å². The number of methoxy groups -OCH3 is 1. The summed E-state index contributed by atoms with van der Waals surface area (Å²) in [6, 6.07) is 26.9. The van der Waals surface area contributed by atoms with Crippen molar-refractivity contribution >= 4 is 24.7 Å². The van der Waals surface area contributed by atoms with Crippen molar-refractivity contribution in [3.63, 3.8) is 0 Å². The average molecular weight is 557 g/mol. The van der Waals surface area contributed by atoms with Gasteiger partial charge in [-0.05, 0) is 28.4 Å². The zero-order chi connectivity index (χ0) is 28.7. The van der Waals surface area contributed by atoms with E-state index >= 15 is 0 Å². The zero-order valence-corrected chi connectivity index (χ0v) is 23.9. The Labute approximate surface area is 229 Å². The first kappa shape index (κ1) is 30.3. The van der Waals surface area contributed by atoms with Gasteiger partial charge in [0, 0.05) is 12.7 Å². The van der Waals surface area contributed by atoms with E-state index in [1.165, 1.54) is 37.3 Å². The molecule has 3 aromatic rings. The molecular formula is C31H35F3O4Si. The number of rotatable bonds is 10. The number of alkyl halides is 3. The normalized spacial score (nSPS) is 15.1. The van der Waals surface area contributed by atoms with Gasteiger partial charge in [0.15, 0.2) is 0 Å². The van der Waals surface area contributed by atoms with E-state index in [0.717, 1.165) is 17.5 Å². The topological polar surface area (TPSA) is 44.8 Å². The molecule has 208 valence electrons. The van der Waals surface area contributed by atoms with Crippen LogP contribution in [-0.4, -0.2) is 40.3 Å². The summed E-state index contributed by atoms with van der Waals surface area (Å²) in [6.07, 6.45) is -2.78. The van der Waals surface area contributed by atoms with E-state index in [-0.39, 0.29) is 17.2 Å². The molecule has 0 N–H and O–H groups in total. The molecule has 0 aliphatic rings. The van der Waals surface area contributed by atoms with Crippen molar-refractivity contribution in [3.05, 3.63) is 109 Å². The van der Waals surface area contributed by atoms with Crippen LogP contribution in [-0.2, 0) is 24.3 Å². The fourth-order valence-electron chi connectivity index (χ4n) is 4.86. The van der Waals surface area contributed by atoms with Crippen LogP contribution in [0.3, 0.4) is 0 Å². The summed E-state index contributed by atoms with van der Waals surface area (Å²) in [5.74, 6) is -1.53. The third kappa shape index (κ3) is 6.18. The van der Waals surface area contributed by atoms with Gasteiger partial charge < -0.3 is 13.9 Å². The number of carbonyl (C=O) groups excluding carboxylic acids is 1. The molecule has 8 heteroatoms. The van der Waals surface area contributed by atoms with Crippen LogP contribution in [0.4, 0.5) is 13.2 Å². The number of hydrogen-bond acceptors (Lipinski definition) is 4. The first-order valence-corrected chi connectivity index (χ1v) is 14.6. The summed E-state index contributed by atoms with van der Waals surface area (Å²) in [5, 5.41) is 1.98. The van der Waals surface area contributed by atoms with Gasteiger partial charge in [-0.3, -0.25) is 0 Å². The molecule has 0 aliphatic heterocycles. The van der Waals surface area contributed by atoms with Gasteiger partial charge >= 0.3 is 12.1 Å². The highest BCUT2D eigenvalue weighted by Gasteiger charge is 2.64. The van der Waals surface area contributed by atoms with Crippen molar-refractivity contribution in [1.29, 1.82) is 0 Å². The smallest absolute Gasteiger partial charge is 0.432 e. The Morgan fingerprint density at radius 1 is 0.846 bits per heavy atom. The molecular weight excluding hydrogens is 521 g/mol. The van der Waals surface area contributed by atoms with Crippen LogP contribution in [0.1, 0.15) is 33.3 Å². The van der Waals surface area contributed by atoms with Crippen molar-refractivity contribution in [1.82, 2.24) is 0 Å². The first-order chi connectivity index (χ1) is 18.4. The minimum Gasteiger partial charge on any atom is -0.456 e. The van der Waals surface area contributed by atoms with E-state index in [9.17, 15) is 18.0 Å². The van der Waals surface area contributed by atoms with Crippen LogP contribution in [0.2, 0.25) is 5.04 Å². The van der Waals surface area contributed by atoms with Gasteiger partial charge in [-0.1, -0.05) is 118 Å². The lowest BCUT2D eigenvalue weighted by molar-refractivity contribution is -0.277. The van der Waals surface area contributed by atoms with Crippen LogP contribution < -0.4 is 10.4 Å². The van der Waals surface area contributed by atoms with Crippen molar-refractivity contribution < 1.29 is 31.9 Å². The van der Waals surface area contributed by atoms with Crippen molar-refractivity contribution in [2.24, 2.45) is 0 Å². The molecule has 3 aromatic carbocycles. The lowest BCUT2D eigenvalue weighted by Crippen LogP contribution is -2.66. The number of benzene rings is 3. The van der Waals surface area contributed by atoms with Gasteiger partial charge in [-0.25, -0.2) is 4.79 Å². The molecule has 0 aromatic heterocycles. The Kier molecular flexibility index (Phi) is 9.59. The molecule has 3 rings (SSSR count). The maximum Gasteiger partial charge on any atom is 0.432 e. The van der Waals surface area contributed by atoms with E-state index in [0.29, 0.717) is 0 Å². The predicted molar refractivity (Wildman–Crippen MR) is 149 cm³/mol. The highest BCUT2D eigenvalue weighted by Crippen LogP contribution is 2.43. The lowest BCUT2D eigenvalue weighted by Gasteiger charge is -2.42. The molecule has 0 radical (unpaired) electrons. The van der Waals surface area contributed by atoms with Crippen LogP contribution in [0.15, 0.2) is 103 Å². The van der Waals surface area contributed by atoms with Gasteiger partial charge in [-0.15, -0.1) is 0 Å². The Bertz CT molecular complexity index is 1190. The van der Waals surface area contributed by atoms with Crippen LogP contribution in [0.5, 0.6) is 0 Å². The summed E-state index contributed by atoms with van der Waals surface area (Å²) >= 11 is 0. The summed E-state index contributed by atoms with van der Waals surface area (Å²) in [6.45, 7) is 8.14. The minimum atomic E-state index is -5.03. The van der Waals surface area contributed by atoms with Crippen LogP contribution >= 0.6 is 0 Å². The van der Waals surface area contributed by atoms with Gasteiger partial charge in [0.1, 0.15) is 6.10 Å². The second-order valence-electron chi connectivity index (χ2n) is 10.3. The zero-order valence-electron chi connectivity index (χ0n) is 22.9. The SMILES string of the molecule is CO[C@@](C(=O)O[C@@H](C)/C=C/CO[Si](c1ccccc1)(c1ccccc1)C(C)(C)C)(c1ccccc1)C(F)(F)F. The molecule has 0 saturated heterocycles. The number of esters is 1. The maximum atomic E-state index is 14.2. The third-order valence-corrected chi connectivity index (χ3v) is 11.7. The predicted octanol–water partition coefficient (Wildman–Crippen LogP) is 6.16. The van der Waals surface area contributed by atoms with Gasteiger partial charge in [-0.2, -0.15) is 13.2 Å². The highest BCUT2D eigenvalue weighted by atomic mass is 28.4. The summed E-state index contributed by atoms with van der Waals surface area (Å²) in [4.78, 5) is 12.9. The second-order valence-corrected chi connectivity index (χ2v) is 14.6. The minimum absolute atomic E-state index is 0.183. The van der Waals surface area contributed by atoms with Crippen molar-refractivity contribution in [2.45, 2.75) is 50.6 Å². The molecule has 0 amide bonds. The van der Waals surface area contributed by atoms with E-state index < -0.39 is 32.2 Å². The molecule has 2 atom stereocenters. The standard InChI is InChI=1S/C31H35F3O4Si/c1-24(38-28(35)30(36-5,31(32,33)34)25-17-9-6-10-18-25)16-15-23-37-39(29(2,3)4,26-19-11-7-12-20-26)27-21-13-8-14-22-27/h6-22,24H,23H2,1-5H3/b16-15+/t24-,30+/m0/s1. The van der Waals surface area contributed by atoms with Gasteiger partial charge in [0.25, 0.3) is 13.9 Å². The Morgan fingerprint density at radius 2 is 1.31 bits per heavy atom. The van der Waals surface area contributed by atoms with E-state index in [1.807, 2.05) is 36.4 Å². The van der Waals surface area contributed by atoms with Gasteiger partial charge in [0.05, 0.1) is 6.61 Å². The fraction of sp³-hybridized carbons (Fsp3) is 0.323. The molecule has 0 saturated carbocycles. The molecule has 0 unspecified atom stereocenters. The monoisotopic (exact) mass is 556 g/mol. The van der Waals surface area contributed by atoms with E-state index in [2.05, 4.69) is 45.0 Å². The maximum absolute atomic E-state index is 14.2. The average Bonchev–Trinajstić information content (AvgIpc) is 2.89. The molecule has 0 heterocycles. The molecule has 39 heavy (non-hydrogen) atoms. The van der Waals surface area contributed by atoms with Crippen LogP contribution in [0, 0.1) is 0 Å². The molecule has 0 spiro atoms. The van der Waals surface area contributed by atoms with Crippen molar-refractivity contribution in [2.75, 3.05) is 13.7 Å². The molecule has 4 nitrogen and oxygen atoms in total. The summed E-state index contributed by atoms with van der Waals surface area (Å²) < 4.78 is 59.3. The number of halogens is 3. The number of ether oxygens (including phenoxy) is 2. The van der Waals surface area contributed by atoms with Gasteiger partial charge in [0.2, 0.25) is 0 Å². The Morgan fingerprint density at radius 3 is 1.72 bits per heavy atom. The molecule has 0 fully saturated rings. The largest absolute Gasteiger partial charge is 0.456 e. The second kappa shape index (κ2) is 12.3. The summed E-state index contributed by atoms with van der Waals surface area (Å²) in [5.41, 5.74) is -3.59. The Balaban J connectivity index is 1.83. The molecule has 0 aliphatic carbocycles. The first-order valence-electron chi connectivity index (χ1n) is 12.7.